The van der Waals surface area contributed by atoms with Crippen LogP contribution in [-0.4, -0.2) is 15.8 Å². The molecule has 0 bridgehead atoms. The first kappa shape index (κ1) is 13.2. The molecule has 0 aliphatic rings. The molecule has 1 atom stereocenters. The monoisotopic (exact) mass is 223 g/mol. The zero-order chi connectivity index (χ0) is 12.0. The number of rotatable bonds is 7. The summed E-state index contributed by atoms with van der Waals surface area (Å²) in [4.78, 5) is 0. The largest absolute Gasteiger partial charge is 0.308 e. The topological polar surface area (TPSA) is 29.9 Å². The molecule has 0 aliphatic heterocycles. The summed E-state index contributed by atoms with van der Waals surface area (Å²) in [5, 5.41) is 7.88. The molecule has 3 heteroatoms. The Balaban J connectivity index is 2.45. The fraction of sp³-hybridized carbons (Fsp3) is 0.769. The fourth-order valence-corrected chi connectivity index (χ4v) is 2.22. The number of nitrogens with zero attached hydrogens (tertiary/aromatic N) is 2. The number of aromatic nitrogens is 2. The van der Waals surface area contributed by atoms with Crippen LogP contribution in [0.4, 0.5) is 0 Å². The Kier molecular flexibility index (Phi) is 5.53. The summed E-state index contributed by atoms with van der Waals surface area (Å²) in [6, 6.07) is 2.67. The summed E-state index contributed by atoms with van der Waals surface area (Å²) in [5.41, 5.74) is 1.28. The van der Waals surface area contributed by atoms with Gasteiger partial charge in [0.1, 0.15) is 0 Å². The molecule has 0 saturated heterocycles. The molecule has 1 heterocycles. The van der Waals surface area contributed by atoms with E-state index in [-0.39, 0.29) is 0 Å². The van der Waals surface area contributed by atoms with Crippen LogP contribution in [0.25, 0.3) is 0 Å². The van der Waals surface area contributed by atoms with E-state index in [4.69, 9.17) is 0 Å². The zero-order valence-electron chi connectivity index (χ0n) is 11.0. The summed E-state index contributed by atoms with van der Waals surface area (Å²) >= 11 is 0. The molecule has 0 aromatic carbocycles. The summed E-state index contributed by atoms with van der Waals surface area (Å²) in [6.07, 6.45) is 4.37. The van der Waals surface area contributed by atoms with Crippen LogP contribution >= 0.6 is 0 Å². The molecule has 0 radical (unpaired) electrons. The minimum Gasteiger partial charge on any atom is -0.308 e. The van der Waals surface area contributed by atoms with Crippen LogP contribution in [0.3, 0.4) is 0 Å². The first-order valence-corrected chi connectivity index (χ1v) is 6.46. The van der Waals surface area contributed by atoms with Crippen LogP contribution < -0.4 is 5.32 Å². The quantitative estimate of drug-likeness (QED) is 0.770. The second kappa shape index (κ2) is 6.69. The lowest BCUT2D eigenvalue weighted by molar-refractivity contribution is 0.349. The second-order valence-electron chi connectivity index (χ2n) is 4.38. The standard InChI is InChI=1S/C13H25N3/c1-5-12(6-2)11(4)14-10-13-8-9-15-16(13)7-3/h8-9,11-12,14H,5-7,10H2,1-4H3. The lowest BCUT2D eigenvalue weighted by atomic mass is 9.95. The SMILES string of the molecule is CCC(CC)C(C)NCc1ccnn1CC. The van der Waals surface area contributed by atoms with Crippen molar-refractivity contribution < 1.29 is 0 Å². The zero-order valence-corrected chi connectivity index (χ0v) is 11.0. The van der Waals surface area contributed by atoms with Crippen LogP contribution in [0.1, 0.15) is 46.2 Å². The molecule has 3 nitrogen and oxygen atoms in total. The third-order valence-corrected chi connectivity index (χ3v) is 3.47. The smallest absolute Gasteiger partial charge is 0.0522 e. The molecule has 1 unspecified atom stereocenters. The number of nitrogens with one attached hydrogen (secondary N) is 1. The summed E-state index contributed by atoms with van der Waals surface area (Å²) in [6.45, 7) is 10.8. The molecule has 1 N–H and O–H groups in total. The van der Waals surface area contributed by atoms with Gasteiger partial charge in [-0.25, -0.2) is 0 Å². The minimum atomic E-state index is 0.579. The van der Waals surface area contributed by atoms with E-state index >= 15 is 0 Å². The van der Waals surface area contributed by atoms with E-state index in [2.05, 4.69) is 44.2 Å². The fourth-order valence-electron chi connectivity index (χ4n) is 2.22. The van der Waals surface area contributed by atoms with Crippen molar-refractivity contribution in [3.05, 3.63) is 18.0 Å². The van der Waals surface area contributed by atoms with Crippen molar-refractivity contribution in [2.75, 3.05) is 0 Å². The molecule has 1 rings (SSSR count). The van der Waals surface area contributed by atoms with Gasteiger partial charge in [-0.3, -0.25) is 4.68 Å². The van der Waals surface area contributed by atoms with Gasteiger partial charge in [-0.2, -0.15) is 5.10 Å². The van der Waals surface area contributed by atoms with Gasteiger partial charge in [-0.05, 0) is 25.8 Å². The van der Waals surface area contributed by atoms with E-state index in [9.17, 15) is 0 Å². The van der Waals surface area contributed by atoms with E-state index < -0.39 is 0 Å². The number of aryl methyl sites for hydroxylation is 1. The van der Waals surface area contributed by atoms with E-state index in [0.29, 0.717) is 6.04 Å². The van der Waals surface area contributed by atoms with Crippen LogP contribution in [0.2, 0.25) is 0 Å². The molecule has 0 saturated carbocycles. The van der Waals surface area contributed by atoms with Crippen molar-refractivity contribution in [3.63, 3.8) is 0 Å². The Hall–Kier alpha value is -0.830. The van der Waals surface area contributed by atoms with Gasteiger partial charge < -0.3 is 5.32 Å². The lowest BCUT2D eigenvalue weighted by Gasteiger charge is -2.22. The summed E-state index contributed by atoms with van der Waals surface area (Å²) in [5.74, 6) is 0.776. The summed E-state index contributed by atoms with van der Waals surface area (Å²) < 4.78 is 2.05. The number of hydrogen-bond acceptors (Lipinski definition) is 2. The highest BCUT2D eigenvalue weighted by atomic mass is 15.3. The molecule has 0 amide bonds. The van der Waals surface area contributed by atoms with Crippen LogP contribution in [0, 0.1) is 5.92 Å². The average Bonchev–Trinajstić information content (AvgIpc) is 2.75. The molecule has 1 aromatic rings. The van der Waals surface area contributed by atoms with Gasteiger partial charge in [-0.15, -0.1) is 0 Å². The minimum absolute atomic E-state index is 0.579. The molecule has 0 fully saturated rings. The maximum Gasteiger partial charge on any atom is 0.0522 e. The van der Waals surface area contributed by atoms with Gasteiger partial charge in [0.05, 0.1) is 5.69 Å². The van der Waals surface area contributed by atoms with Crippen molar-refractivity contribution in [3.8, 4) is 0 Å². The van der Waals surface area contributed by atoms with Gasteiger partial charge in [0.2, 0.25) is 0 Å². The molecular weight excluding hydrogens is 198 g/mol. The molecule has 16 heavy (non-hydrogen) atoms. The van der Waals surface area contributed by atoms with Crippen molar-refractivity contribution in [1.82, 2.24) is 15.1 Å². The van der Waals surface area contributed by atoms with Gasteiger partial charge in [0, 0.05) is 25.3 Å². The average molecular weight is 223 g/mol. The van der Waals surface area contributed by atoms with E-state index in [1.54, 1.807) is 0 Å². The Bertz CT molecular complexity index is 289. The van der Waals surface area contributed by atoms with Gasteiger partial charge >= 0.3 is 0 Å². The Morgan fingerprint density at radius 1 is 1.31 bits per heavy atom. The third-order valence-electron chi connectivity index (χ3n) is 3.47. The van der Waals surface area contributed by atoms with Crippen molar-refractivity contribution in [2.24, 2.45) is 5.92 Å². The van der Waals surface area contributed by atoms with Crippen molar-refractivity contribution in [1.29, 1.82) is 0 Å². The first-order valence-electron chi connectivity index (χ1n) is 6.46. The Morgan fingerprint density at radius 3 is 2.56 bits per heavy atom. The molecule has 1 aromatic heterocycles. The summed E-state index contributed by atoms with van der Waals surface area (Å²) in [7, 11) is 0. The van der Waals surface area contributed by atoms with Gasteiger partial charge in [0.25, 0.3) is 0 Å². The lowest BCUT2D eigenvalue weighted by Crippen LogP contribution is -2.33. The predicted octanol–water partition coefficient (Wildman–Crippen LogP) is 2.82. The Morgan fingerprint density at radius 2 is 2.00 bits per heavy atom. The first-order chi connectivity index (χ1) is 7.72. The maximum atomic E-state index is 4.27. The van der Waals surface area contributed by atoms with Crippen molar-refractivity contribution in [2.45, 2.75) is 59.7 Å². The maximum absolute atomic E-state index is 4.27. The van der Waals surface area contributed by atoms with Gasteiger partial charge in [0.15, 0.2) is 0 Å². The van der Waals surface area contributed by atoms with Gasteiger partial charge in [-0.1, -0.05) is 26.7 Å². The number of hydrogen-bond donors (Lipinski definition) is 1. The third kappa shape index (κ3) is 3.34. The van der Waals surface area contributed by atoms with Crippen LogP contribution in [0.15, 0.2) is 12.3 Å². The molecule has 0 spiro atoms. The normalized spacial score (nSPS) is 13.3. The molecule has 0 aliphatic carbocycles. The van der Waals surface area contributed by atoms with E-state index in [0.717, 1.165) is 19.0 Å². The van der Waals surface area contributed by atoms with Crippen molar-refractivity contribution >= 4 is 0 Å². The predicted molar refractivity (Wildman–Crippen MR) is 68.3 cm³/mol. The van der Waals surface area contributed by atoms with E-state index in [1.165, 1.54) is 18.5 Å². The highest BCUT2D eigenvalue weighted by molar-refractivity contribution is 5.00. The van der Waals surface area contributed by atoms with Crippen LogP contribution in [0.5, 0.6) is 0 Å². The molecular formula is C13H25N3. The highest BCUT2D eigenvalue weighted by Gasteiger charge is 2.13. The second-order valence-corrected chi connectivity index (χ2v) is 4.38. The highest BCUT2D eigenvalue weighted by Crippen LogP contribution is 2.13. The van der Waals surface area contributed by atoms with Crippen LogP contribution in [-0.2, 0) is 13.1 Å². The Labute approximate surface area is 99.2 Å². The molecule has 92 valence electrons. The van der Waals surface area contributed by atoms with E-state index in [1.807, 2.05) is 10.9 Å².